The van der Waals surface area contributed by atoms with Crippen LogP contribution in [0, 0.1) is 0 Å². The van der Waals surface area contributed by atoms with Gasteiger partial charge in [-0.25, -0.2) is 0 Å². The second-order valence-corrected chi connectivity index (χ2v) is 3.67. The van der Waals surface area contributed by atoms with E-state index in [-0.39, 0.29) is 13.0 Å². The Bertz CT molecular complexity index is 461. The summed E-state index contributed by atoms with van der Waals surface area (Å²) in [4.78, 5) is 38.0. The Morgan fingerprint density at radius 2 is 2.00 bits per heavy atom. The van der Waals surface area contributed by atoms with Crippen molar-refractivity contribution in [3.05, 3.63) is 30.1 Å². The van der Waals surface area contributed by atoms with Crippen LogP contribution >= 0.6 is 0 Å². The highest BCUT2D eigenvalue weighted by Crippen LogP contribution is 2.00. The number of nitrogens with two attached hydrogens (primary N) is 1. The van der Waals surface area contributed by atoms with Crippen molar-refractivity contribution < 1.29 is 19.1 Å². The molecular weight excluding hydrogens is 250 g/mol. The van der Waals surface area contributed by atoms with Crippen LogP contribution in [0.2, 0.25) is 0 Å². The van der Waals surface area contributed by atoms with Gasteiger partial charge in [0.25, 0.3) is 5.91 Å². The Morgan fingerprint density at radius 1 is 1.37 bits per heavy atom. The molecule has 1 aromatic heterocycles. The van der Waals surface area contributed by atoms with E-state index in [2.05, 4.69) is 10.3 Å². The fraction of sp³-hybridized carbons (Fsp3) is 0.333. The minimum atomic E-state index is -1.10. The number of ether oxygens (including phenoxy) is 1. The van der Waals surface area contributed by atoms with E-state index in [0.29, 0.717) is 5.56 Å². The van der Waals surface area contributed by atoms with E-state index in [1.807, 2.05) is 0 Å². The van der Waals surface area contributed by atoms with Crippen molar-refractivity contribution in [2.45, 2.75) is 19.4 Å². The van der Waals surface area contributed by atoms with Crippen molar-refractivity contribution >= 4 is 17.8 Å². The van der Waals surface area contributed by atoms with Crippen molar-refractivity contribution in [1.29, 1.82) is 0 Å². The summed E-state index contributed by atoms with van der Waals surface area (Å²) in [6, 6.07) is 1.87. The molecule has 7 nitrogen and oxygen atoms in total. The molecule has 0 fully saturated rings. The minimum absolute atomic E-state index is 0.197. The molecule has 0 unspecified atom stereocenters. The normalized spacial score (nSPS) is 11.4. The SMILES string of the molecule is CCOC(=O)C[C@@H](NC(=O)c1ccncc1)C(N)=O. The molecule has 0 aliphatic carbocycles. The van der Waals surface area contributed by atoms with Crippen LogP contribution in [0.3, 0.4) is 0 Å². The highest BCUT2D eigenvalue weighted by Gasteiger charge is 2.22. The number of rotatable bonds is 6. The number of aromatic nitrogens is 1. The zero-order valence-corrected chi connectivity index (χ0v) is 10.5. The summed E-state index contributed by atoms with van der Waals surface area (Å²) in [7, 11) is 0. The summed E-state index contributed by atoms with van der Waals surface area (Å²) < 4.78 is 4.70. The average molecular weight is 265 g/mol. The van der Waals surface area contributed by atoms with Gasteiger partial charge in [0.15, 0.2) is 0 Å². The van der Waals surface area contributed by atoms with Gasteiger partial charge in [-0.2, -0.15) is 0 Å². The molecule has 0 aliphatic rings. The maximum Gasteiger partial charge on any atom is 0.308 e. The number of carbonyl (C=O) groups excluding carboxylic acids is 3. The quantitative estimate of drug-likeness (QED) is 0.681. The number of esters is 1. The molecule has 0 spiro atoms. The number of hydrogen-bond donors (Lipinski definition) is 2. The third-order valence-electron chi connectivity index (χ3n) is 2.27. The second kappa shape index (κ2) is 7.10. The number of hydrogen-bond acceptors (Lipinski definition) is 5. The zero-order valence-electron chi connectivity index (χ0n) is 10.5. The highest BCUT2D eigenvalue weighted by atomic mass is 16.5. The van der Waals surface area contributed by atoms with E-state index >= 15 is 0 Å². The summed E-state index contributed by atoms with van der Waals surface area (Å²) in [6.07, 6.45) is 2.60. The fourth-order valence-corrected chi connectivity index (χ4v) is 1.35. The Kier molecular flexibility index (Phi) is 5.46. The third-order valence-corrected chi connectivity index (χ3v) is 2.27. The maximum absolute atomic E-state index is 11.8. The average Bonchev–Trinajstić information content (AvgIpc) is 2.39. The first-order valence-corrected chi connectivity index (χ1v) is 5.70. The van der Waals surface area contributed by atoms with E-state index in [1.54, 1.807) is 6.92 Å². The lowest BCUT2D eigenvalue weighted by atomic mass is 10.1. The molecule has 0 saturated heterocycles. The lowest BCUT2D eigenvalue weighted by Crippen LogP contribution is -2.45. The van der Waals surface area contributed by atoms with E-state index in [1.165, 1.54) is 24.5 Å². The van der Waals surface area contributed by atoms with Gasteiger partial charge in [0.1, 0.15) is 6.04 Å². The second-order valence-electron chi connectivity index (χ2n) is 3.67. The van der Waals surface area contributed by atoms with Crippen LogP contribution in [0.25, 0.3) is 0 Å². The lowest BCUT2D eigenvalue weighted by Gasteiger charge is -2.14. The first kappa shape index (κ1) is 14.6. The van der Waals surface area contributed by atoms with Gasteiger partial charge < -0.3 is 15.8 Å². The van der Waals surface area contributed by atoms with Crippen LogP contribution in [-0.4, -0.2) is 35.4 Å². The molecule has 0 aromatic carbocycles. The first-order chi connectivity index (χ1) is 9.04. The molecule has 1 heterocycles. The smallest absolute Gasteiger partial charge is 0.308 e. The Morgan fingerprint density at radius 3 is 2.53 bits per heavy atom. The van der Waals surface area contributed by atoms with Gasteiger partial charge in [-0.15, -0.1) is 0 Å². The van der Waals surface area contributed by atoms with Crippen LogP contribution < -0.4 is 11.1 Å². The summed E-state index contributed by atoms with van der Waals surface area (Å²) >= 11 is 0. The zero-order chi connectivity index (χ0) is 14.3. The van der Waals surface area contributed by atoms with E-state index in [9.17, 15) is 14.4 Å². The monoisotopic (exact) mass is 265 g/mol. The van der Waals surface area contributed by atoms with Crippen molar-refractivity contribution in [1.82, 2.24) is 10.3 Å². The molecule has 0 radical (unpaired) electrons. The van der Waals surface area contributed by atoms with Gasteiger partial charge in [-0.3, -0.25) is 19.4 Å². The molecule has 1 atom stereocenters. The van der Waals surface area contributed by atoms with Crippen LogP contribution in [0.5, 0.6) is 0 Å². The topological polar surface area (TPSA) is 111 Å². The van der Waals surface area contributed by atoms with Crippen LogP contribution in [0.15, 0.2) is 24.5 Å². The molecule has 3 N–H and O–H groups in total. The standard InChI is InChI=1S/C12H15N3O4/c1-2-19-10(16)7-9(11(13)17)15-12(18)8-3-5-14-6-4-8/h3-6,9H,2,7H2,1H3,(H2,13,17)(H,15,18)/t9-/m1/s1. The minimum Gasteiger partial charge on any atom is -0.466 e. The van der Waals surface area contributed by atoms with Crippen molar-refractivity contribution in [2.75, 3.05) is 6.61 Å². The summed E-state index contributed by atoms with van der Waals surface area (Å²) in [5, 5.41) is 2.38. The molecule has 102 valence electrons. The van der Waals surface area contributed by atoms with Crippen LogP contribution in [0.4, 0.5) is 0 Å². The largest absolute Gasteiger partial charge is 0.466 e. The number of amides is 2. The molecule has 0 bridgehead atoms. The summed E-state index contributed by atoms with van der Waals surface area (Å²) in [6.45, 7) is 1.84. The predicted molar refractivity (Wildman–Crippen MR) is 65.9 cm³/mol. The molecule has 1 rings (SSSR count). The number of pyridine rings is 1. The van der Waals surface area contributed by atoms with Gasteiger partial charge >= 0.3 is 5.97 Å². The van der Waals surface area contributed by atoms with Gasteiger partial charge in [0.05, 0.1) is 13.0 Å². The van der Waals surface area contributed by atoms with E-state index in [0.717, 1.165) is 0 Å². The Balaban J connectivity index is 2.66. The van der Waals surface area contributed by atoms with E-state index < -0.39 is 23.8 Å². The number of nitrogens with zero attached hydrogens (tertiary/aromatic N) is 1. The van der Waals surface area contributed by atoms with Crippen molar-refractivity contribution in [3.63, 3.8) is 0 Å². The molecule has 19 heavy (non-hydrogen) atoms. The lowest BCUT2D eigenvalue weighted by molar-refractivity contribution is -0.145. The Hall–Kier alpha value is -2.44. The number of primary amides is 1. The van der Waals surface area contributed by atoms with Gasteiger partial charge in [0, 0.05) is 18.0 Å². The predicted octanol–water partition coefficient (Wildman–Crippen LogP) is -0.381. The number of nitrogens with one attached hydrogen (secondary N) is 1. The van der Waals surface area contributed by atoms with Gasteiger partial charge in [0.2, 0.25) is 5.91 Å². The Labute approximate surface area is 110 Å². The third kappa shape index (κ3) is 4.74. The van der Waals surface area contributed by atoms with Gasteiger partial charge in [-0.1, -0.05) is 0 Å². The van der Waals surface area contributed by atoms with Crippen molar-refractivity contribution in [3.8, 4) is 0 Å². The van der Waals surface area contributed by atoms with Crippen LogP contribution in [0.1, 0.15) is 23.7 Å². The number of carbonyl (C=O) groups is 3. The molecular formula is C12H15N3O4. The molecule has 0 saturated carbocycles. The molecule has 7 heteroatoms. The fourth-order valence-electron chi connectivity index (χ4n) is 1.35. The van der Waals surface area contributed by atoms with Crippen LogP contribution in [-0.2, 0) is 14.3 Å². The maximum atomic E-state index is 11.8. The molecule has 2 amide bonds. The molecule has 1 aromatic rings. The van der Waals surface area contributed by atoms with E-state index in [4.69, 9.17) is 10.5 Å². The first-order valence-electron chi connectivity index (χ1n) is 5.70. The summed E-state index contributed by atoms with van der Waals surface area (Å²) in [5.41, 5.74) is 5.46. The van der Waals surface area contributed by atoms with Gasteiger partial charge in [-0.05, 0) is 19.1 Å². The summed E-state index contributed by atoms with van der Waals surface area (Å²) in [5.74, 6) is -1.90. The highest BCUT2D eigenvalue weighted by molar-refractivity contribution is 5.98. The van der Waals surface area contributed by atoms with Crippen molar-refractivity contribution in [2.24, 2.45) is 5.73 Å². The molecule has 0 aliphatic heterocycles.